The molecular weight excluding hydrogens is 348 g/mol. The molecule has 26 heavy (non-hydrogen) atoms. The van der Waals surface area contributed by atoms with Crippen molar-refractivity contribution in [2.75, 3.05) is 7.11 Å². The normalized spacial score (nSPS) is 11.0. The molecule has 0 radical (unpaired) electrons. The second kappa shape index (κ2) is 8.19. The molecule has 0 spiro atoms. The maximum absolute atomic E-state index is 12.3. The van der Waals surface area contributed by atoms with Gasteiger partial charge in [-0.05, 0) is 30.7 Å². The number of aryl methyl sites for hydroxylation is 1. The lowest BCUT2D eigenvalue weighted by Crippen LogP contribution is -2.03. The van der Waals surface area contributed by atoms with Crippen molar-refractivity contribution < 1.29 is 28.0 Å². The molecule has 0 unspecified atom stereocenters. The van der Waals surface area contributed by atoms with Crippen LogP contribution in [0.4, 0.5) is 14.5 Å². The quantitative estimate of drug-likeness (QED) is 0.315. The molecule has 6 nitrogen and oxygen atoms in total. The van der Waals surface area contributed by atoms with Crippen LogP contribution < -0.4 is 9.47 Å². The largest absolute Gasteiger partial charge is 0.493 e. The molecule has 0 N–H and O–H groups in total. The summed E-state index contributed by atoms with van der Waals surface area (Å²) in [5.41, 5.74) is 0.996. The number of ketones is 1. The minimum absolute atomic E-state index is 0.0888. The van der Waals surface area contributed by atoms with Crippen molar-refractivity contribution in [3.05, 3.63) is 69.3 Å². The highest BCUT2D eigenvalue weighted by molar-refractivity contribution is 6.07. The smallest absolute Gasteiger partial charge is 0.387 e. The first-order valence-corrected chi connectivity index (χ1v) is 7.42. The Morgan fingerprint density at radius 2 is 1.92 bits per heavy atom. The van der Waals surface area contributed by atoms with Crippen LogP contribution in [0, 0.1) is 17.0 Å². The lowest BCUT2D eigenvalue weighted by atomic mass is 10.1. The highest BCUT2D eigenvalue weighted by atomic mass is 19.3. The van der Waals surface area contributed by atoms with Crippen molar-refractivity contribution in [3.63, 3.8) is 0 Å². The first-order valence-electron chi connectivity index (χ1n) is 7.42. The van der Waals surface area contributed by atoms with Crippen molar-refractivity contribution in [1.29, 1.82) is 0 Å². The molecule has 0 saturated carbocycles. The van der Waals surface area contributed by atoms with Crippen LogP contribution in [0.3, 0.4) is 0 Å². The number of hydrogen-bond donors (Lipinski definition) is 0. The fourth-order valence-electron chi connectivity index (χ4n) is 2.21. The summed E-state index contributed by atoms with van der Waals surface area (Å²) < 4.78 is 33.9. The molecule has 2 aromatic rings. The van der Waals surface area contributed by atoms with Gasteiger partial charge in [-0.25, -0.2) is 0 Å². The van der Waals surface area contributed by atoms with E-state index in [4.69, 9.17) is 4.74 Å². The van der Waals surface area contributed by atoms with Crippen LogP contribution in [-0.4, -0.2) is 24.4 Å². The van der Waals surface area contributed by atoms with Gasteiger partial charge < -0.3 is 9.47 Å². The van der Waals surface area contributed by atoms with Crippen molar-refractivity contribution in [1.82, 2.24) is 0 Å². The molecule has 2 rings (SSSR count). The fraction of sp³-hybridized carbons (Fsp3) is 0.167. The van der Waals surface area contributed by atoms with E-state index >= 15 is 0 Å². The van der Waals surface area contributed by atoms with E-state index < -0.39 is 17.3 Å². The topological polar surface area (TPSA) is 78.7 Å². The number of hydrogen-bond acceptors (Lipinski definition) is 5. The van der Waals surface area contributed by atoms with E-state index in [1.54, 1.807) is 6.92 Å². The molecule has 0 aliphatic carbocycles. The minimum Gasteiger partial charge on any atom is -0.493 e. The Kier molecular flexibility index (Phi) is 6.00. The molecule has 0 bridgehead atoms. The van der Waals surface area contributed by atoms with Crippen molar-refractivity contribution >= 4 is 17.5 Å². The summed E-state index contributed by atoms with van der Waals surface area (Å²) in [6.07, 6.45) is 2.68. The molecule has 0 atom stereocenters. The average molecular weight is 363 g/mol. The first-order chi connectivity index (χ1) is 12.3. The lowest BCUT2D eigenvalue weighted by molar-refractivity contribution is -0.385. The van der Waals surface area contributed by atoms with Crippen LogP contribution in [0.15, 0.2) is 42.5 Å². The van der Waals surface area contributed by atoms with Crippen LogP contribution in [0.5, 0.6) is 11.5 Å². The standard InChI is InChI=1S/C18H15F2NO5/c1-11-3-6-13(10-14(11)21(23)24)15(22)7-4-12-5-8-16(26-18(19)20)17(9-12)25-2/h3-10,18H,1-2H3/b7-4+. The van der Waals surface area contributed by atoms with Crippen LogP contribution in [-0.2, 0) is 0 Å². The Morgan fingerprint density at radius 1 is 1.19 bits per heavy atom. The molecule has 0 fully saturated rings. The van der Waals surface area contributed by atoms with Crippen LogP contribution in [0.25, 0.3) is 6.08 Å². The highest BCUT2D eigenvalue weighted by Gasteiger charge is 2.14. The van der Waals surface area contributed by atoms with E-state index in [9.17, 15) is 23.7 Å². The van der Waals surface area contributed by atoms with Crippen molar-refractivity contribution in [2.45, 2.75) is 13.5 Å². The summed E-state index contributed by atoms with van der Waals surface area (Å²) in [6, 6.07) is 8.41. The van der Waals surface area contributed by atoms with E-state index in [-0.39, 0.29) is 22.7 Å². The summed E-state index contributed by atoms with van der Waals surface area (Å²) in [4.78, 5) is 22.6. The van der Waals surface area contributed by atoms with Gasteiger partial charge in [0.15, 0.2) is 17.3 Å². The molecule has 0 aliphatic heterocycles. The summed E-state index contributed by atoms with van der Waals surface area (Å²) >= 11 is 0. The number of nitrogens with zero attached hydrogens (tertiary/aromatic N) is 1. The number of alkyl halides is 2. The molecule has 0 aromatic heterocycles. The van der Waals surface area contributed by atoms with E-state index in [0.717, 1.165) is 0 Å². The maximum Gasteiger partial charge on any atom is 0.387 e. The number of halogens is 2. The van der Waals surface area contributed by atoms with Crippen LogP contribution in [0.1, 0.15) is 21.5 Å². The number of nitro benzene ring substituents is 1. The van der Waals surface area contributed by atoms with Crippen molar-refractivity contribution in [3.8, 4) is 11.5 Å². The van der Waals surface area contributed by atoms with Gasteiger partial charge in [0.1, 0.15) is 0 Å². The molecule has 8 heteroatoms. The predicted octanol–water partition coefficient (Wildman–Crippen LogP) is 4.41. The number of rotatable bonds is 7. The number of methoxy groups -OCH3 is 1. The third-order valence-electron chi connectivity index (χ3n) is 3.52. The Morgan fingerprint density at radius 3 is 2.54 bits per heavy atom. The Balaban J connectivity index is 2.22. The van der Waals surface area contributed by atoms with Crippen molar-refractivity contribution in [2.24, 2.45) is 0 Å². The second-order valence-corrected chi connectivity index (χ2v) is 5.24. The Bertz CT molecular complexity index is 865. The van der Waals surface area contributed by atoms with Gasteiger partial charge in [-0.2, -0.15) is 8.78 Å². The summed E-state index contributed by atoms with van der Waals surface area (Å²) in [6.45, 7) is -1.40. The lowest BCUT2D eigenvalue weighted by Gasteiger charge is -2.10. The molecule has 2 aromatic carbocycles. The summed E-state index contributed by atoms with van der Waals surface area (Å²) in [5.74, 6) is -0.467. The predicted molar refractivity (Wildman–Crippen MR) is 90.8 cm³/mol. The third kappa shape index (κ3) is 4.62. The van der Waals surface area contributed by atoms with Gasteiger partial charge in [-0.15, -0.1) is 0 Å². The highest BCUT2D eigenvalue weighted by Crippen LogP contribution is 2.30. The molecule has 0 aliphatic rings. The number of benzene rings is 2. The van der Waals surface area contributed by atoms with E-state index in [0.29, 0.717) is 11.1 Å². The first kappa shape index (κ1) is 19.0. The minimum atomic E-state index is -2.98. The monoisotopic (exact) mass is 363 g/mol. The molecule has 0 amide bonds. The van der Waals surface area contributed by atoms with E-state index in [1.165, 1.54) is 55.7 Å². The van der Waals surface area contributed by atoms with Gasteiger partial charge in [0.25, 0.3) is 5.69 Å². The van der Waals surface area contributed by atoms with Crippen LogP contribution >= 0.6 is 0 Å². The van der Waals surface area contributed by atoms with Gasteiger partial charge in [0.05, 0.1) is 12.0 Å². The Labute approximate surface area is 147 Å². The fourth-order valence-corrected chi connectivity index (χ4v) is 2.21. The molecular formula is C18H15F2NO5. The zero-order chi connectivity index (χ0) is 19.3. The average Bonchev–Trinajstić information content (AvgIpc) is 2.60. The second-order valence-electron chi connectivity index (χ2n) is 5.24. The number of allylic oxidation sites excluding steroid dienone is 1. The van der Waals surface area contributed by atoms with Gasteiger partial charge in [0, 0.05) is 17.2 Å². The molecule has 136 valence electrons. The number of carbonyl (C=O) groups is 1. The summed E-state index contributed by atoms with van der Waals surface area (Å²) in [5, 5.41) is 11.0. The number of carbonyl (C=O) groups excluding carboxylic acids is 1. The van der Waals surface area contributed by atoms with E-state index in [1.807, 2.05) is 0 Å². The third-order valence-corrected chi connectivity index (χ3v) is 3.52. The summed E-state index contributed by atoms with van der Waals surface area (Å²) in [7, 11) is 1.30. The number of ether oxygens (including phenoxy) is 2. The maximum atomic E-state index is 12.3. The SMILES string of the molecule is COc1cc(/C=C/C(=O)c2ccc(C)c([N+](=O)[O-])c2)ccc1OC(F)F. The molecule has 0 heterocycles. The van der Waals surface area contributed by atoms with Gasteiger partial charge >= 0.3 is 6.61 Å². The number of nitro groups is 1. The molecule has 0 saturated heterocycles. The van der Waals surface area contributed by atoms with Gasteiger partial charge in [0.2, 0.25) is 0 Å². The van der Waals surface area contributed by atoms with Gasteiger partial charge in [-0.1, -0.05) is 24.3 Å². The zero-order valence-electron chi connectivity index (χ0n) is 13.9. The van der Waals surface area contributed by atoms with Gasteiger partial charge in [-0.3, -0.25) is 14.9 Å². The Hall–Kier alpha value is -3.29. The van der Waals surface area contributed by atoms with E-state index in [2.05, 4.69) is 4.74 Å². The van der Waals surface area contributed by atoms with Crippen LogP contribution in [0.2, 0.25) is 0 Å². The zero-order valence-corrected chi connectivity index (χ0v) is 13.9.